The first-order valence-corrected chi connectivity index (χ1v) is 9.43. The van der Waals surface area contributed by atoms with Gasteiger partial charge >= 0.3 is 0 Å². The molecule has 0 spiro atoms. The number of hydrogen-bond donors (Lipinski definition) is 0. The fourth-order valence-electron chi connectivity index (χ4n) is 2.23. The van der Waals surface area contributed by atoms with E-state index in [0.717, 1.165) is 11.1 Å². The number of halogens is 2. The smallest absolute Gasteiger partial charge is 0.253 e. The van der Waals surface area contributed by atoms with Crippen molar-refractivity contribution in [1.82, 2.24) is 4.90 Å². The standard InChI is InChI=1S/C17H17Cl2NO2S/c1-20(10-12-6-7-15(18)16(19)9-12)17(21)14-5-3-4-13(8-14)11-23(2)22/h3-9H,10-11H2,1-2H3. The van der Waals surface area contributed by atoms with Crippen LogP contribution in [0.3, 0.4) is 0 Å². The Hall–Kier alpha value is -1.36. The van der Waals surface area contributed by atoms with Crippen LogP contribution in [-0.2, 0) is 23.1 Å². The van der Waals surface area contributed by atoms with Crippen molar-refractivity contribution in [3.05, 3.63) is 69.2 Å². The van der Waals surface area contributed by atoms with Crippen molar-refractivity contribution in [2.45, 2.75) is 12.3 Å². The van der Waals surface area contributed by atoms with Crippen molar-refractivity contribution in [2.24, 2.45) is 0 Å². The molecule has 0 radical (unpaired) electrons. The molecule has 2 aromatic carbocycles. The van der Waals surface area contributed by atoms with Gasteiger partial charge in [-0.15, -0.1) is 0 Å². The number of benzene rings is 2. The monoisotopic (exact) mass is 369 g/mol. The van der Waals surface area contributed by atoms with Crippen LogP contribution in [0.2, 0.25) is 10.0 Å². The van der Waals surface area contributed by atoms with E-state index >= 15 is 0 Å². The van der Waals surface area contributed by atoms with E-state index in [4.69, 9.17) is 23.2 Å². The van der Waals surface area contributed by atoms with Gasteiger partial charge in [-0.3, -0.25) is 9.00 Å². The fourth-order valence-corrected chi connectivity index (χ4v) is 3.20. The molecule has 1 atom stereocenters. The van der Waals surface area contributed by atoms with Crippen LogP contribution >= 0.6 is 23.2 Å². The number of nitrogens with zero attached hydrogens (tertiary/aromatic N) is 1. The minimum Gasteiger partial charge on any atom is -0.337 e. The molecule has 1 amide bonds. The zero-order valence-corrected chi connectivity index (χ0v) is 15.2. The molecule has 0 fully saturated rings. The molecular weight excluding hydrogens is 353 g/mol. The van der Waals surface area contributed by atoms with Crippen molar-refractivity contribution in [3.8, 4) is 0 Å². The molecule has 0 N–H and O–H groups in total. The molecule has 0 aliphatic carbocycles. The third-order valence-electron chi connectivity index (χ3n) is 3.29. The summed E-state index contributed by atoms with van der Waals surface area (Å²) < 4.78 is 11.3. The minimum absolute atomic E-state index is 0.0974. The highest BCUT2D eigenvalue weighted by atomic mass is 35.5. The van der Waals surface area contributed by atoms with Crippen LogP contribution < -0.4 is 0 Å². The average Bonchev–Trinajstić information content (AvgIpc) is 2.49. The zero-order valence-electron chi connectivity index (χ0n) is 12.9. The van der Waals surface area contributed by atoms with E-state index < -0.39 is 10.8 Å². The topological polar surface area (TPSA) is 37.4 Å². The maximum absolute atomic E-state index is 12.5. The highest BCUT2D eigenvalue weighted by molar-refractivity contribution is 7.83. The van der Waals surface area contributed by atoms with Crippen molar-refractivity contribution in [2.75, 3.05) is 13.3 Å². The van der Waals surface area contributed by atoms with Gasteiger partial charge in [0, 0.05) is 42.0 Å². The molecule has 0 aliphatic rings. The van der Waals surface area contributed by atoms with Gasteiger partial charge in [0.1, 0.15) is 0 Å². The third kappa shape index (κ3) is 5.06. The summed E-state index contributed by atoms with van der Waals surface area (Å²) in [5, 5.41) is 0.960. The second-order valence-electron chi connectivity index (χ2n) is 5.33. The first kappa shape index (κ1) is 18.0. The predicted octanol–water partition coefficient (Wildman–Crippen LogP) is 4.14. The maximum atomic E-state index is 12.5. The van der Waals surface area contributed by atoms with E-state index in [-0.39, 0.29) is 5.91 Å². The molecule has 1 unspecified atom stereocenters. The molecular formula is C17H17Cl2NO2S. The van der Waals surface area contributed by atoms with Gasteiger partial charge in [-0.1, -0.05) is 41.4 Å². The summed E-state index contributed by atoms with van der Waals surface area (Å²) in [7, 11) is 0.794. The Morgan fingerprint density at radius 2 is 1.83 bits per heavy atom. The minimum atomic E-state index is -0.937. The molecule has 0 bridgehead atoms. The molecule has 0 aromatic heterocycles. The average molecular weight is 370 g/mol. The first-order chi connectivity index (χ1) is 10.9. The molecule has 3 nitrogen and oxygen atoms in total. The maximum Gasteiger partial charge on any atom is 0.253 e. The van der Waals surface area contributed by atoms with E-state index in [1.807, 2.05) is 18.2 Å². The number of carbonyl (C=O) groups is 1. The summed E-state index contributed by atoms with van der Waals surface area (Å²) in [6.07, 6.45) is 1.64. The van der Waals surface area contributed by atoms with Crippen LogP contribution in [-0.4, -0.2) is 28.3 Å². The van der Waals surface area contributed by atoms with E-state index in [1.54, 1.807) is 42.5 Å². The molecule has 0 aliphatic heterocycles. The molecule has 0 saturated heterocycles. The van der Waals surface area contributed by atoms with E-state index in [1.165, 1.54) is 0 Å². The van der Waals surface area contributed by atoms with Gasteiger partial charge in [0.15, 0.2) is 0 Å². The molecule has 23 heavy (non-hydrogen) atoms. The normalized spacial score (nSPS) is 12.0. The van der Waals surface area contributed by atoms with Gasteiger partial charge in [0.25, 0.3) is 5.91 Å². The van der Waals surface area contributed by atoms with Crippen LogP contribution in [0.5, 0.6) is 0 Å². The van der Waals surface area contributed by atoms with Gasteiger partial charge in [0.2, 0.25) is 0 Å². The van der Waals surface area contributed by atoms with Crippen LogP contribution in [0.15, 0.2) is 42.5 Å². The molecule has 0 heterocycles. The Bertz CT molecular complexity index is 749. The Labute approximate surface area is 148 Å². The molecule has 122 valence electrons. The largest absolute Gasteiger partial charge is 0.337 e. The van der Waals surface area contributed by atoms with Gasteiger partial charge in [-0.05, 0) is 35.4 Å². The highest BCUT2D eigenvalue weighted by Crippen LogP contribution is 2.23. The summed E-state index contributed by atoms with van der Waals surface area (Å²) in [6.45, 7) is 0.430. The quantitative estimate of drug-likeness (QED) is 0.793. The Morgan fingerprint density at radius 3 is 2.48 bits per heavy atom. The van der Waals surface area contributed by atoms with Gasteiger partial charge < -0.3 is 4.90 Å². The van der Waals surface area contributed by atoms with Crippen molar-refractivity contribution in [1.29, 1.82) is 0 Å². The summed E-state index contributed by atoms with van der Waals surface area (Å²) in [5.41, 5.74) is 2.37. The summed E-state index contributed by atoms with van der Waals surface area (Å²) in [4.78, 5) is 14.1. The molecule has 6 heteroatoms. The van der Waals surface area contributed by atoms with Gasteiger partial charge in [-0.2, -0.15) is 0 Å². The highest BCUT2D eigenvalue weighted by Gasteiger charge is 2.13. The molecule has 2 aromatic rings. The fraction of sp³-hybridized carbons (Fsp3) is 0.235. The lowest BCUT2D eigenvalue weighted by atomic mass is 10.1. The lowest BCUT2D eigenvalue weighted by Gasteiger charge is -2.18. The van der Waals surface area contributed by atoms with Crippen LogP contribution in [0.1, 0.15) is 21.5 Å². The zero-order chi connectivity index (χ0) is 17.0. The number of hydrogen-bond acceptors (Lipinski definition) is 2. The van der Waals surface area contributed by atoms with Crippen LogP contribution in [0, 0.1) is 0 Å². The summed E-state index contributed by atoms with van der Waals surface area (Å²) in [5.74, 6) is 0.345. The number of rotatable bonds is 5. The van der Waals surface area contributed by atoms with E-state index in [9.17, 15) is 9.00 Å². The summed E-state index contributed by atoms with van der Waals surface area (Å²) >= 11 is 11.9. The second-order valence-corrected chi connectivity index (χ2v) is 7.58. The van der Waals surface area contributed by atoms with E-state index in [0.29, 0.717) is 27.9 Å². The Kier molecular flexibility index (Phi) is 6.22. The second kappa shape index (κ2) is 7.95. The van der Waals surface area contributed by atoms with Crippen molar-refractivity contribution < 1.29 is 9.00 Å². The van der Waals surface area contributed by atoms with Gasteiger partial charge in [0.05, 0.1) is 10.0 Å². The van der Waals surface area contributed by atoms with Gasteiger partial charge in [-0.25, -0.2) is 0 Å². The Balaban J connectivity index is 2.12. The van der Waals surface area contributed by atoms with E-state index in [2.05, 4.69) is 0 Å². The van der Waals surface area contributed by atoms with Crippen molar-refractivity contribution in [3.63, 3.8) is 0 Å². The Morgan fingerprint density at radius 1 is 1.09 bits per heavy atom. The lowest BCUT2D eigenvalue weighted by molar-refractivity contribution is 0.0785. The van der Waals surface area contributed by atoms with Crippen molar-refractivity contribution >= 4 is 39.9 Å². The third-order valence-corrected chi connectivity index (χ3v) is 4.77. The lowest BCUT2D eigenvalue weighted by Crippen LogP contribution is -2.26. The molecule has 0 saturated carbocycles. The predicted molar refractivity (Wildman–Crippen MR) is 96.5 cm³/mol. The first-order valence-electron chi connectivity index (χ1n) is 6.95. The SMILES string of the molecule is CN(Cc1ccc(Cl)c(Cl)c1)C(=O)c1cccc(CS(C)=O)c1. The number of amides is 1. The van der Waals surface area contributed by atoms with Crippen LogP contribution in [0.4, 0.5) is 0 Å². The summed E-state index contributed by atoms with van der Waals surface area (Å²) in [6, 6.07) is 12.5. The molecule has 2 rings (SSSR count). The number of carbonyl (C=O) groups excluding carboxylic acids is 1. The van der Waals surface area contributed by atoms with Crippen LogP contribution in [0.25, 0.3) is 0 Å².